The molecule has 0 spiro atoms. The highest BCUT2D eigenvalue weighted by atomic mass is 16.2. The summed E-state index contributed by atoms with van der Waals surface area (Å²) < 4.78 is 0. The van der Waals surface area contributed by atoms with Crippen molar-refractivity contribution in [2.45, 2.75) is 19.9 Å². The van der Waals surface area contributed by atoms with Gasteiger partial charge >= 0.3 is 0 Å². The number of rotatable bonds is 6. The van der Waals surface area contributed by atoms with Crippen LogP contribution in [0.5, 0.6) is 0 Å². The maximum atomic E-state index is 12.9. The summed E-state index contributed by atoms with van der Waals surface area (Å²) in [5, 5.41) is 0. The van der Waals surface area contributed by atoms with Crippen molar-refractivity contribution in [3.63, 3.8) is 0 Å². The largest absolute Gasteiger partial charge is 0.353 e. The molecule has 1 aliphatic heterocycles. The van der Waals surface area contributed by atoms with Crippen LogP contribution in [0.3, 0.4) is 0 Å². The van der Waals surface area contributed by atoms with Gasteiger partial charge in [-0.15, -0.1) is 0 Å². The number of carbonyl (C=O) groups excluding carboxylic acids is 2. The number of anilines is 1. The van der Waals surface area contributed by atoms with Crippen LogP contribution in [0.25, 0.3) is 0 Å². The molecule has 0 radical (unpaired) electrons. The number of hydrogen-bond donors (Lipinski definition) is 0. The summed E-state index contributed by atoms with van der Waals surface area (Å²) in [7, 11) is 0. The summed E-state index contributed by atoms with van der Waals surface area (Å²) in [6.07, 6.45) is 2.48. The fourth-order valence-corrected chi connectivity index (χ4v) is 4.06. The molecule has 0 bridgehead atoms. The van der Waals surface area contributed by atoms with Crippen molar-refractivity contribution >= 4 is 17.6 Å². The van der Waals surface area contributed by atoms with Gasteiger partial charge in [0.2, 0.25) is 11.8 Å². The second kappa shape index (κ2) is 8.64. The normalized spacial score (nSPS) is 21.0. The molecule has 1 aliphatic carbocycles. The first kappa shape index (κ1) is 19.4. The molecule has 2 atom stereocenters. The summed E-state index contributed by atoms with van der Waals surface area (Å²) >= 11 is 0. The Morgan fingerprint density at radius 3 is 2.38 bits per heavy atom. The molecule has 2 amide bonds. The number of pyridine rings is 1. The van der Waals surface area contributed by atoms with Gasteiger partial charge < -0.3 is 14.7 Å². The Hall–Kier alpha value is -2.89. The first-order valence-electron chi connectivity index (χ1n) is 10.4. The number of piperazine rings is 1. The highest BCUT2D eigenvalue weighted by Crippen LogP contribution is 2.41. The minimum Gasteiger partial charge on any atom is -0.353 e. The van der Waals surface area contributed by atoms with Gasteiger partial charge in [0, 0.05) is 45.5 Å². The quantitative estimate of drug-likeness (QED) is 0.758. The number of benzene rings is 1. The van der Waals surface area contributed by atoms with E-state index >= 15 is 0 Å². The van der Waals surface area contributed by atoms with Gasteiger partial charge in [-0.05, 0) is 31.0 Å². The Labute approximate surface area is 172 Å². The van der Waals surface area contributed by atoms with Gasteiger partial charge in [0.15, 0.2) is 0 Å². The minimum absolute atomic E-state index is 0.113. The van der Waals surface area contributed by atoms with Gasteiger partial charge in [0.05, 0.1) is 11.8 Å². The lowest BCUT2D eigenvalue weighted by atomic mass is 10.2. The monoisotopic (exact) mass is 392 g/mol. The lowest BCUT2D eigenvalue weighted by Crippen LogP contribution is -2.49. The smallest absolute Gasteiger partial charge is 0.226 e. The van der Waals surface area contributed by atoms with Crippen LogP contribution in [0, 0.1) is 11.8 Å². The maximum Gasteiger partial charge on any atom is 0.226 e. The van der Waals surface area contributed by atoms with Crippen molar-refractivity contribution < 1.29 is 9.59 Å². The van der Waals surface area contributed by atoms with Gasteiger partial charge in [0.25, 0.3) is 0 Å². The third kappa shape index (κ3) is 4.42. The van der Waals surface area contributed by atoms with Crippen LogP contribution in [0.4, 0.5) is 5.82 Å². The van der Waals surface area contributed by atoms with E-state index in [1.807, 2.05) is 65.3 Å². The Balaban J connectivity index is 1.29. The van der Waals surface area contributed by atoms with E-state index < -0.39 is 0 Å². The van der Waals surface area contributed by atoms with Crippen LogP contribution in [0.2, 0.25) is 0 Å². The van der Waals surface area contributed by atoms with Crippen molar-refractivity contribution in [2.75, 3.05) is 37.6 Å². The SMILES string of the molecule is CCN(Cc1ccccc1)C(=O)C1CC1C(=O)N1CCN(c2ccccn2)CC1. The molecule has 152 valence electrons. The molecule has 2 unspecified atom stereocenters. The molecule has 1 aromatic carbocycles. The van der Waals surface area contributed by atoms with Crippen LogP contribution >= 0.6 is 0 Å². The molecule has 4 rings (SSSR count). The Kier molecular flexibility index (Phi) is 5.79. The third-order valence-corrected chi connectivity index (χ3v) is 5.90. The van der Waals surface area contributed by atoms with E-state index in [4.69, 9.17) is 0 Å². The van der Waals surface area contributed by atoms with Gasteiger partial charge in [-0.1, -0.05) is 36.4 Å². The Bertz CT molecular complexity index is 834. The molecule has 2 aliphatic rings. The third-order valence-electron chi connectivity index (χ3n) is 5.90. The van der Waals surface area contributed by atoms with Crippen molar-refractivity contribution in [1.29, 1.82) is 0 Å². The maximum absolute atomic E-state index is 12.9. The zero-order valence-corrected chi connectivity index (χ0v) is 16.9. The average Bonchev–Trinajstić information content (AvgIpc) is 3.59. The van der Waals surface area contributed by atoms with Crippen molar-refractivity contribution in [2.24, 2.45) is 11.8 Å². The van der Waals surface area contributed by atoms with Crippen molar-refractivity contribution in [1.82, 2.24) is 14.8 Å². The first-order chi connectivity index (χ1) is 14.2. The number of amides is 2. The predicted molar refractivity (Wildman–Crippen MR) is 112 cm³/mol. The topological polar surface area (TPSA) is 56.8 Å². The predicted octanol–water partition coefficient (Wildman–Crippen LogP) is 2.42. The van der Waals surface area contributed by atoms with E-state index in [0.29, 0.717) is 32.6 Å². The van der Waals surface area contributed by atoms with Crippen LogP contribution in [0.15, 0.2) is 54.7 Å². The van der Waals surface area contributed by atoms with E-state index in [2.05, 4.69) is 9.88 Å². The van der Waals surface area contributed by atoms with Crippen LogP contribution < -0.4 is 4.90 Å². The molecular weight excluding hydrogens is 364 g/mol. The fourth-order valence-electron chi connectivity index (χ4n) is 4.06. The van der Waals surface area contributed by atoms with Crippen molar-refractivity contribution in [3.05, 3.63) is 60.3 Å². The van der Waals surface area contributed by atoms with Crippen molar-refractivity contribution in [3.8, 4) is 0 Å². The Morgan fingerprint density at radius 2 is 1.72 bits per heavy atom. The molecule has 2 fully saturated rings. The number of carbonyl (C=O) groups is 2. The highest BCUT2D eigenvalue weighted by Gasteiger charge is 2.50. The average molecular weight is 393 g/mol. The van der Waals surface area contributed by atoms with E-state index in [1.165, 1.54) is 0 Å². The number of nitrogens with zero attached hydrogens (tertiary/aromatic N) is 4. The summed E-state index contributed by atoms with van der Waals surface area (Å²) in [5.74, 6) is 0.911. The molecule has 0 N–H and O–H groups in total. The molecule has 6 nitrogen and oxygen atoms in total. The van der Waals surface area contributed by atoms with Gasteiger partial charge in [-0.2, -0.15) is 0 Å². The molecule has 1 saturated carbocycles. The lowest BCUT2D eigenvalue weighted by molar-refractivity contribution is -0.138. The van der Waals surface area contributed by atoms with E-state index in [9.17, 15) is 9.59 Å². The van der Waals surface area contributed by atoms with E-state index in [1.54, 1.807) is 6.20 Å². The summed E-state index contributed by atoms with van der Waals surface area (Å²) in [6, 6.07) is 15.9. The molecule has 2 aromatic rings. The summed E-state index contributed by atoms with van der Waals surface area (Å²) in [4.78, 5) is 36.2. The molecule has 29 heavy (non-hydrogen) atoms. The lowest BCUT2D eigenvalue weighted by Gasteiger charge is -2.35. The van der Waals surface area contributed by atoms with Gasteiger partial charge in [-0.3, -0.25) is 9.59 Å². The van der Waals surface area contributed by atoms with E-state index in [-0.39, 0.29) is 23.7 Å². The zero-order chi connectivity index (χ0) is 20.2. The Morgan fingerprint density at radius 1 is 1.00 bits per heavy atom. The number of hydrogen-bond acceptors (Lipinski definition) is 4. The molecule has 1 saturated heterocycles. The number of aromatic nitrogens is 1. The molecule has 1 aromatic heterocycles. The highest BCUT2D eigenvalue weighted by molar-refractivity contribution is 5.92. The van der Waals surface area contributed by atoms with Crippen LogP contribution in [0.1, 0.15) is 18.9 Å². The molecular formula is C23H28N4O2. The standard InChI is InChI=1S/C23H28N4O2/c1-2-25(17-18-8-4-3-5-9-18)22(28)19-16-20(19)23(29)27-14-12-26(13-15-27)21-10-6-7-11-24-21/h3-11,19-20H,2,12-17H2,1H3. The zero-order valence-electron chi connectivity index (χ0n) is 16.9. The van der Waals surface area contributed by atoms with E-state index in [0.717, 1.165) is 24.5 Å². The van der Waals surface area contributed by atoms with Gasteiger partial charge in [0.1, 0.15) is 5.82 Å². The first-order valence-corrected chi connectivity index (χ1v) is 10.4. The molecule has 2 heterocycles. The minimum atomic E-state index is -0.153. The van der Waals surface area contributed by atoms with Crippen LogP contribution in [-0.2, 0) is 16.1 Å². The second-order valence-corrected chi connectivity index (χ2v) is 7.79. The van der Waals surface area contributed by atoms with Crippen LogP contribution in [-0.4, -0.2) is 59.3 Å². The van der Waals surface area contributed by atoms with Gasteiger partial charge in [-0.25, -0.2) is 4.98 Å². The summed E-state index contributed by atoms with van der Waals surface area (Å²) in [6.45, 7) is 6.20. The summed E-state index contributed by atoms with van der Waals surface area (Å²) in [5.41, 5.74) is 1.12. The fraction of sp³-hybridized carbons (Fsp3) is 0.435. The molecule has 6 heteroatoms. The second-order valence-electron chi connectivity index (χ2n) is 7.79.